The van der Waals surface area contributed by atoms with E-state index in [0.29, 0.717) is 17.0 Å². The van der Waals surface area contributed by atoms with Crippen molar-refractivity contribution in [1.82, 2.24) is 10.2 Å². The van der Waals surface area contributed by atoms with Crippen LogP contribution in [0, 0.1) is 0 Å². The average molecular weight is 225 g/mol. The Balaban J connectivity index is 2.57. The average Bonchev–Trinajstić information content (AvgIpc) is 2.63. The van der Waals surface area contributed by atoms with Crippen LogP contribution in [-0.4, -0.2) is 22.8 Å². The summed E-state index contributed by atoms with van der Waals surface area (Å²) in [5, 5.41) is 7.72. The second-order valence-electron chi connectivity index (χ2n) is 2.96. The summed E-state index contributed by atoms with van der Waals surface area (Å²) in [4.78, 5) is 11.5. The van der Waals surface area contributed by atoms with E-state index in [0.717, 1.165) is 5.52 Å². The predicted octanol–water partition coefficient (Wildman–Crippen LogP) is 2.39. The summed E-state index contributed by atoms with van der Waals surface area (Å²) >= 11 is 5.98. The second-order valence-corrected chi connectivity index (χ2v) is 3.36. The molecule has 78 valence electrons. The number of ether oxygens (including phenoxy) is 1. The molecule has 0 spiro atoms. The van der Waals surface area contributed by atoms with Crippen molar-refractivity contribution in [3.05, 3.63) is 28.9 Å². The molecule has 0 fully saturated rings. The summed E-state index contributed by atoms with van der Waals surface area (Å²) in [6.07, 6.45) is 0. The number of hydrogen-bond donors (Lipinski definition) is 1. The molecule has 15 heavy (non-hydrogen) atoms. The van der Waals surface area contributed by atoms with Crippen molar-refractivity contribution in [2.24, 2.45) is 0 Å². The Morgan fingerprint density at radius 3 is 3.13 bits per heavy atom. The summed E-state index contributed by atoms with van der Waals surface area (Å²) in [5.41, 5.74) is 0.961. The number of aromatic nitrogens is 2. The third-order valence-corrected chi connectivity index (χ3v) is 2.32. The minimum Gasteiger partial charge on any atom is -0.461 e. The van der Waals surface area contributed by atoms with Crippen LogP contribution < -0.4 is 0 Å². The van der Waals surface area contributed by atoms with E-state index in [1.165, 1.54) is 0 Å². The van der Waals surface area contributed by atoms with Crippen molar-refractivity contribution in [3.8, 4) is 0 Å². The van der Waals surface area contributed by atoms with Crippen LogP contribution in [0.3, 0.4) is 0 Å². The number of H-pyrrole nitrogens is 1. The zero-order chi connectivity index (χ0) is 10.8. The van der Waals surface area contributed by atoms with E-state index >= 15 is 0 Å². The molecule has 1 aromatic carbocycles. The van der Waals surface area contributed by atoms with Gasteiger partial charge in [0.1, 0.15) is 0 Å². The van der Waals surface area contributed by atoms with Gasteiger partial charge in [-0.05, 0) is 19.1 Å². The summed E-state index contributed by atoms with van der Waals surface area (Å²) in [7, 11) is 0. The molecule has 0 saturated heterocycles. The minimum absolute atomic E-state index is 0.234. The molecule has 2 aromatic rings. The van der Waals surface area contributed by atoms with E-state index < -0.39 is 5.97 Å². The number of halogens is 1. The molecular weight excluding hydrogens is 216 g/mol. The van der Waals surface area contributed by atoms with Gasteiger partial charge in [-0.25, -0.2) is 4.79 Å². The van der Waals surface area contributed by atoms with Gasteiger partial charge >= 0.3 is 5.97 Å². The number of esters is 1. The number of fused-ring (bicyclic) bond motifs is 1. The molecule has 0 atom stereocenters. The maximum Gasteiger partial charge on any atom is 0.359 e. The monoisotopic (exact) mass is 224 g/mol. The van der Waals surface area contributed by atoms with Crippen molar-refractivity contribution in [1.29, 1.82) is 0 Å². The van der Waals surface area contributed by atoms with Crippen LogP contribution in [0.4, 0.5) is 0 Å². The lowest BCUT2D eigenvalue weighted by atomic mass is 10.2. The van der Waals surface area contributed by atoms with Crippen LogP contribution in [0.5, 0.6) is 0 Å². The maximum absolute atomic E-state index is 11.5. The molecule has 0 saturated carbocycles. The Bertz CT molecular complexity index is 507. The number of aromatic amines is 1. The van der Waals surface area contributed by atoms with Gasteiger partial charge in [0.2, 0.25) is 0 Å². The molecule has 0 aliphatic carbocycles. The van der Waals surface area contributed by atoms with Crippen LogP contribution >= 0.6 is 11.6 Å². The molecule has 0 amide bonds. The van der Waals surface area contributed by atoms with Gasteiger partial charge in [-0.3, -0.25) is 5.10 Å². The van der Waals surface area contributed by atoms with Gasteiger partial charge in [-0.2, -0.15) is 5.10 Å². The SMILES string of the molecule is CCOC(=O)c1n[nH]c2cccc(Cl)c12. The molecular formula is C10H9ClN2O2. The van der Waals surface area contributed by atoms with E-state index in [1.54, 1.807) is 25.1 Å². The van der Waals surface area contributed by atoms with Crippen molar-refractivity contribution in [2.75, 3.05) is 6.61 Å². The molecule has 0 radical (unpaired) electrons. The topological polar surface area (TPSA) is 55.0 Å². The molecule has 0 unspecified atom stereocenters. The lowest BCUT2D eigenvalue weighted by Gasteiger charge is -1.98. The molecule has 1 aromatic heterocycles. The molecule has 2 rings (SSSR count). The predicted molar refractivity (Wildman–Crippen MR) is 57.1 cm³/mol. The molecule has 4 nitrogen and oxygen atoms in total. The van der Waals surface area contributed by atoms with Crippen molar-refractivity contribution in [2.45, 2.75) is 6.92 Å². The molecule has 0 aliphatic heterocycles. The first-order valence-corrected chi connectivity index (χ1v) is 4.91. The first kappa shape index (κ1) is 9.98. The number of nitrogens with zero attached hydrogens (tertiary/aromatic N) is 1. The van der Waals surface area contributed by atoms with E-state index in [1.807, 2.05) is 0 Å². The Morgan fingerprint density at radius 2 is 2.40 bits per heavy atom. The highest BCUT2D eigenvalue weighted by Gasteiger charge is 2.16. The van der Waals surface area contributed by atoms with E-state index in [-0.39, 0.29) is 5.69 Å². The third kappa shape index (κ3) is 1.68. The van der Waals surface area contributed by atoms with Crippen LogP contribution in [0.1, 0.15) is 17.4 Å². The van der Waals surface area contributed by atoms with Crippen LogP contribution in [-0.2, 0) is 4.74 Å². The zero-order valence-electron chi connectivity index (χ0n) is 8.08. The molecule has 0 aliphatic rings. The van der Waals surface area contributed by atoms with E-state index in [9.17, 15) is 4.79 Å². The maximum atomic E-state index is 11.5. The fourth-order valence-corrected chi connectivity index (χ4v) is 1.64. The van der Waals surface area contributed by atoms with E-state index in [2.05, 4.69) is 10.2 Å². The Morgan fingerprint density at radius 1 is 1.60 bits per heavy atom. The van der Waals surface area contributed by atoms with Gasteiger partial charge in [-0.15, -0.1) is 0 Å². The number of rotatable bonds is 2. The van der Waals surface area contributed by atoms with Gasteiger partial charge in [0.15, 0.2) is 5.69 Å². The smallest absolute Gasteiger partial charge is 0.359 e. The number of hydrogen-bond acceptors (Lipinski definition) is 3. The fraction of sp³-hybridized carbons (Fsp3) is 0.200. The summed E-state index contributed by atoms with van der Waals surface area (Å²) in [6.45, 7) is 2.06. The van der Waals surface area contributed by atoms with Crippen molar-refractivity contribution < 1.29 is 9.53 Å². The van der Waals surface area contributed by atoms with Gasteiger partial charge in [0.25, 0.3) is 0 Å². The Kier molecular flexibility index (Phi) is 2.60. The molecule has 1 heterocycles. The molecule has 1 N–H and O–H groups in total. The van der Waals surface area contributed by atoms with Crippen LogP contribution in [0.15, 0.2) is 18.2 Å². The number of carbonyl (C=O) groups excluding carboxylic acids is 1. The Hall–Kier alpha value is -1.55. The zero-order valence-corrected chi connectivity index (χ0v) is 8.84. The Labute approximate surface area is 91.2 Å². The van der Waals surface area contributed by atoms with Crippen LogP contribution in [0.2, 0.25) is 5.02 Å². The lowest BCUT2D eigenvalue weighted by Crippen LogP contribution is -2.05. The highest BCUT2D eigenvalue weighted by atomic mass is 35.5. The number of nitrogens with one attached hydrogen (secondary N) is 1. The van der Waals surface area contributed by atoms with Gasteiger partial charge in [-0.1, -0.05) is 17.7 Å². The fourth-order valence-electron chi connectivity index (χ4n) is 1.38. The number of benzene rings is 1. The number of carbonyl (C=O) groups is 1. The molecule has 0 bridgehead atoms. The normalized spacial score (nSPS) is 10.5. The van der Waals surface area contributed by atoms with E-state index in [4.69, 9.17) is 16.3 Å². The quantitative estimate of drug-likeness (QED) is 0.797. The first-order valence-electron chi connectivity index (χ1n) is 4.53. The highest BCUT2D eigenvalue weighted by molar-refractivity contribution is 6.36. The molecule has 5 heteroatoms. The summed E-state index contributed by atoms with van der Waals surface area (Å²) in [5.74, 6) is -0.461. The van der Waals surface area contributed by atoms with Crippen molar-refractivity contribution >= 4 is 28.5 Å². The standard InChI is InChI=1S/C10H9ClN2O2/c1-2-15-10(14)9-8-6(11)4-3-5-7(8)12-13-9/h3-5H,2H2,1H3,(H,12,13). The van der Waals surface area contributed by atoms with Gasteiger partial charge < -0.3 is 4.74 Å². The second kappa shape index (κ2) is 3.90. The summed E-state index contributed by atoms with van der Waals surface area (Å²) in [6, 6.07) is 5.30. The minimum atomic E-state index is -0.461. The van der Waals surface area contributed by atoms with Gasteiger partial charge in [0.05, 0.1) is 22.5 Å². The lowest BCUT2D eigenvalue weighted by molar-refractivity contribution is 0.0521. The first-order chi connectivity index (χ1) is 7.24. The third-order valence-electron chi connectivity index (χ3n) is 2.01. The van der Waals surface area contributed by atoms with Gasteiger partial charge in [0, 0.05) is 0 Å². The highest BCUT2D eigenvalue weighted by Crippen LogP contribution is 2.25. The van der Waals surface area contributed by atoms with Crippen LogP contribution in [0.25, 0.3) is 10.9 Å². The van der Waals surface area contributed by atoms with Crippen molar-refractivity contribution in [3.63, 3.8) is 0 Å². The summed E-state index contributed by atoms with van der Waals surface area (Å²) < 4.78 is 4.87. The largest absolute Gasteiger partial charge is 0.461 e.